The van der Waals surface area contributed by atoms with Crippen molar-refractivity contribution in [3.05, 3.63) is 124 Å². The molecule has 11 heteroatoms. The van der Waals surface area contributed by atoms with Gasteiger partial charge in [0.15, 0.2) is 0 Å². The van der Waals surface area contributed by atoms with Crippen LogP contribution < -0.4 is 9.64 Å². The van der Waals surface area contributed by atoms with E-state index in [1.54, 1.807) is 66.2 Å². The normalized spacial score (nSPS) is 12.2. The van der Waals surface area contributed by atoms with Crippen LogP contribution in [-0.4, -0.2) is 42.2 Å². The number of nitrogens with zero attached hydrogens (tertiary/aromatic N) is 3. The van der Waals surface area contributed by atoms with Crippen molar-refractivity contribution in [3.63, 3.8) is 0 Å². The van der Waals surface area contributed by atoms with Crippen molar-refractivity contribution in [1.82, 2.24) is 9.97 Å². The van der Waals surface area contributed by atoms with Gasteiger partial charge in [0.05, 0.1) is 29.9 Å². The highest BCUT2D eigenvalue weighted by molar-refractivity contribution is 7.85. The van der Waals surface area contributed by atoms with E-state index in [4.69, 9.17) is 9.29 Å². The van der Waals surface area contributed by atoms with Crippen molar-refractivity contribution in [3.8, 4) is 17.0 Å². The molecule has 5 aromatic rings. The van der Waals surface area contributed by atoms with E-state index in [2.05, 4.69) is 15.3 Å². The van der Waals surface area contributed by atoms with E-state index in [-0.39, 0.29) is 10.8 Å². The fourth-order valence-electron chi connectivity index (χ4n) is 4.43. The number of aromatic nitrogens is 2. The van der Waals surface area contributed by atoms with E-state index in [0.29, 0.717) is 36.4 Å². The number of pyridine rings is 2. The lowest BCUT2D eigenvalue weighted by molar-refractivity contribution is -0.119. The lowest BCUT2D eigenvalue weighted by Gasteiger charge is -2.31. The Kier molecular flexibility index (Phi) is 11.1. The van der Waals surface area contributed by atoms with Crippen LogP contribution >= 0.6 is 11.3 Å². The van der Waals surface area contributed by atoms with Gasteiger partial charge < -0.3 is 9.64 Å². The zero-order valence-electron chi connectivity index (χ0n) is 24.2. The SMILES string of the molecule is COc1ccc(C=O)c2c1N(Cc1ccc(-c3ccsc3)nc1)C(=O)CC2.Cc1ccc(S(=O)(=O)O)cc1.c1ccncc1. The van der Waals surface area contributed by atoms with Gasteiger partial charge in [-0.3, -0.25) is 24.1 Å². The van der Waals surface area contributed by atoms with Gasteiger partial charge in [0, 0.05) is 41.5 Å². The van der Waals surface area contributed by atoms with Crippen molar-refractivity contribution in [1.29, 1.82) is 0 Å². The molecule has 0 bridgehead atoms. The van der Waals surface area contributed by atoms with Gasteiger partial charge in [0.1, 0.15) is 12.0 Å². The van der Waals surface area contributed by atoms with E-state index >= 15 is 0 Å². The third kappa shape index (κ3) is 8.44. The highest BCUT2D eigenvalue weighted by atomic mass is 32.2. The van der Waals surface area contributed by atoms with Gasteiger partial charge in [0.25, 0.3) is 10.1 Å². The van der Waals surface area contributed by atoms with Crippen LogP contribution in [0.3, 0.4) is 0 Å². The first kappa shape index (κ1) is 32.2. The highest BCUT2D eigenvalue weighted by Gasteiger charge is 2.29. The lowest BCUT2D eigenvalue weighted by atomic mass is 9.95. The van der Waals surface area contributed by atoms with Crippen molar-refractivity contribution >= 4 is 39.3 Å². The maximum Gasteiger partial charge on any atom is 0.294 e. The van der Waals surface area contributed by atoms with E-state index < -0.39 is 10.1 Å². The van der Waals surface area contributed by atoms with Crippen LogP contribution in [-0.2, 0) is 27.9 Å². The van der Waals surface area contributed by atoms with Gasteiger partial charge in [-0.15, -0.1) is 0 Å². The minimum Gasteiger partial charge on any atom is -0.495 e. The summed E-state index contributed by atoms with van der Waals surface area (Å²) in [5.41, 5.74) is 6.04. The van der Waals surface area contributed by atoms with Crippen molar-refractivity contribution < 1.29 is 27.3 Å². The third-order valence-electron chi connectivity index (χ3n) is 6.66. The molecule has 0 spiro atoms. The molecule has 0 saturated carbocycles. The van der Waals surface area contributed by atoms with Gasteiger partial charge in [-0.1, -0.05) is 29.8 Å². The number of rotatable bonds is 6. The molecule has 0 radical (unpaired) electrons. The predicted octanol–water partition coefficient (Wildman–Crippen LogP) is 6.43. The van der Waals surface area contributed by atoms with Crippen LogP contribution in [0.25, 0.3) is 11.3 Å². The smallest absolute Gasteiger partial charge is 0.294 e. The van der Waals surface area contributed by atoms with Gasteiger partial charge >= 0.3 is 0 Å². The summed E-state index contributed by atoms with van der Waals surface area (Å²) in [4.78, 5) is 34.0. The van der Waals surface area contributed by atoms with E-state index in [0.717, 1.165) is 34.2 Å². The minimum atomic E-state index is -4.02. The van der Waals surface area contributed by atoms with Crippen molar-refractivity contribution in [2.45, 2.75) is 31.2 Å². The molecule has 0 atom stereocenters. The molecule has 1 aliphatic rings. The van der Waals surface area contributed by atoms with Gasteiger partial charge in [0.2, 0.25) is 5.91 Å². The number of carbonyl (C=O) groups is 2. The van der Waals surface area contributed by atoms with Gasteiger partial charge in [-0.2, -0.15) is 19.8 Å². The molecular weight excluding hydrogens is 599 g/mol. The van der Waals surface area contributed by atoms with Gasteiger partial charge in [-0.05, 0) is 78.4 Å². The summed E-state index contributed by atoms with van der Waals surface area (Å²) in [6, 6.07) is 21.2. The lowest BCUT2D eigenvalue weighted by Crippen LogP contribution is -2.35. The summed E-state index contributed by atoms with van der Waals surface area (Å²) < 4.78 is 35.0. The molecule has 9 nitrogen and oxygen atoms in total. The Bertz CT molecular complexity index is 1750. The quantitative estimate of drug-likeness (QED) is 0.168. The predicted molar refractivity (Wildman–Crippen MR) is 171 cm³/mol. The fourth-order valence-corrected chi connectivity index (χ4v) is 5.56. The Morgan fingerprint density at radius 2 is 1.75 bits per heavy atom. The number of carbonyl (C=O) groups excluding carboxylic acids is 2. The molecule has 0 aliphatic carbocycles. The average molecular weight is 630 g/mol. The minimum absolute atomic E-state index is 0.0192. The molecule has 226 valence electrons. The van der Waals surface area contributed by atoms with Crippen LogP contribution in [0.4, 0.5) is 5.69 Å². The molecule has 1 aliphatic heterocycles. The Labute approximate surface area is 260 Å². The molecule has 3 aromatic heterocycles. The summed E-state index contributed by atoms with van der Waals surface area (Å²) in [6.45, 7) is 2.23. The molecule has 6 rings (SSSR count). The number of hydrogen-bond donors (Lipinski definition) is 1. The molecular formula is C33H31N3O6S2. The second kappa shape index (κ2) is 15.1. The molecule has 44 heavy (non-hydrogen) atoms. The van der Waals surface area contributed by atoms with Gasteiger partial charge in [-0.25, -0.2) is 0 Å². The monoisotopic (exact) mass is 629 g/mol. The fraction of sp³-hybridized carbons (Fsp3) is 0.152. The number of methoxy groups -OCH3 is 1. The zero-order valence-corrected chi connectivity index (χ0v) is 25.8. The average Bonchev–Trinajstić information content (AvgIpc) is 3.59. The largest absolute Gasteiger partial charge is 0.495 e. The zero-order chi connectivity index (χ0) is 31.5. The first-order valence-electron chi connectivity index (χ1n) is 13.5. The summed E-state index contributed by atoms with van der Waals surface area (Å²) in [7, 11) is -2.45. The number of aryl methyl sites for hydroxylation is 1. The Morgan fingerprint density at radius 3 is 2.27 bits per heavy atom. The Morgan fingerprint density at radius 1 is 1.00 bits per heavy atom. The number of anilines is 1. The second-order valence-corrected chi connectivity index (χ2v) is 11.9. The summed E-state index contributed by atoms with van der Waals surface area (Å²) >= 11 is 1.63. The van der Waals surface area contributed by atoms with E-state index in [1.165, 1.54) is 12.1 Å². The van der Waals surface area contributed by atoms with Crippen LogP contribution in [0.15, 0.2) is 107 Å². The third-order valence-corrected chi connectivity index (χ3v) is 8.21. The molecule has 1 N–H and O–H groups in total. The number of benzene rings is 2. The topological polar surface area (TPSA) is 127 Å². The summed E-state index contributed by atoms with van der Waals surface area (Å²) in [5, 5.41) is 4.07. The van der Waals surface area contributed by atoms with Crippen LogP contribution in [0, 0.1) is 6.92 Å². The van der Waals surface area contributed by atoms with Crippen LogP contribution in [0.2, 0.25) is 0 Å². The number of thiophene rings is 1. The maximum absolute atomic E-state index is 12.6. The van der Waals surface area contributed by atoms with Crippen LogP contribution in [0.5, 0.6) is 5.75 Å². The molecule has 2 aromatic carbocycles. The number of aldehydes is 1. The maximum atomic E-state index is 12.6. The number of fused-ring (bicyclic) bond motifs is 1. The number of amides is 1. The molecule has 0 unspecified atom stereocenters. The molecule has 0 saturated heterocycles. The molecule has 1 amide bonds. The second-order valence-electron chi connectivity index (χ2n) is 9.66. The molecule has 4 heterocycles. The first-order valence-corrected chi connectivity index (χ1v) is 15.9. The highest BCUT2D eigenvalue weighted by Crippen LogP contribution is 2.39. The number of ether oxygens (including phenoxy) is 1. The summed E-state index contributed by atoms with van der Waals surface area (Å²) in [6.07, 6.45) is 7.06. The van der Waals surface area contributed by atoms with Crippen molar-refractivity contribution in [2.75, 3.05) is 12.0 Å². The standard InChI is InChI=1S/C21H18N2O3S.C7H8O3S.C5H5N/c1-26-19-6-3-15(12-24)17-4-7-20(25)23(21(17)19)11-14-2-5-18(22-10-14)16-8-9-27-13-16;1-6-2-4-7(5-3-6)11(8,9)10;1-2-4-6-5-3-1/h2-3,5-6,8-10,12-13H,4,7,11H2,1H3;2-5H,1H3,(H,8,9,10);1-5H. The Hall–Kier alpha value is -4.71. The van der Waals surface area contributed by atoms with E-state index in [1.807, 2.05) is 48.7 Å². The van der Waals surface area contributed by atoms with Crippen molar-refractivity contribution in [2.24, 2.45) is 0 Å². The first-order chi connectivity index (χ1) is 21.2. The summed E-state index contributed by atoms with van der Waals surface area (Å²) in [5.74, 6) is 0.622. The number of hydrogen-bond acceptors (Lipinski definition) is 8. The van der Waals surface area contributed by atoms with E-state index in [9.17, 15) is 18.0 Å². The Balaban J connectivity index is 0.000000212. The van der Waals surface area contributed by atoms with Crippen LogP contribution in [0.1, 0.15) is 33.5 Å². The molecule has 0 fully saturated rings.